The van der Waals surface area contributed by atoms with Gasteiger partial charge in [0.15, 0.2) is 0 Å². The molecule has 0 unspecified atom stereocenters. The van der Waals surface area contributed by atoms with E-state index in [1.807, 2.05) is 57.2 Å². The van der Waals surface area contributed by atoms with Crippen molar-refractivity contribution in [2.24, 2.45) is 0 Å². The van der Waals surface area contributed by atoms with E-state index in [1.165, 1.54) is 21.6 Å². The van der Waals surface area contributed by atoms with Crippen LogP contribution in [0.5, 0.6) is 5.75 Å². The van der Waals surface area contributed by atoms with Crippen LogP contribution < -0.4 is 15.6 Å². The van der Waals surface area contributed by atoms with Gasteiger partial charge < -0.3 is 10.1 Å². The molecule has 1 amide bonds. The molecule has 0 atom stereocenters. The highest BCUT2D eigenvalue weighted by atomic mass is 32.1. The van der Waals surface area contributed by atoms with Gasteiger partial charge in [0.25, 0.3) is 11.5 Å². The number of benzene rings is 2. The Morgan fingerprint density at radius 1 is 1.12 bits per heavy atom. The maximum Gasteiger partial charge on any atom is 0.277 e. The SMILES string of the molecule is CCOc1ccccc1NC(=O)c1sc(-n2[nH]c(C)c(Cc3ccc(C)cc3)c2=O)nc1C. The average Bonchev–Trinajstić information content (AvgIpc) is 3.31. The van der Waals surface area contributed by atoms with Crippen molar-refractivity contribution < 1.29 is 9.53 Å². The number of aryl methyl sites for hydroxylation is 3. The van der Waals surface area contributed by atoms with Crippen LogP contribution in [0.2, 0.25) is 0 Å². The van der Waals surface area contributed by atoms with Crippen LogP contribution in [0.3, 0.4) is 0 Å². The zero-order chi connectivity index (χ0) is 23.5. The highest BCUT2D eigenvalue weighted by Crippen LogP contribution is 2.27. The van der Waals surface area contributed by atoms with Crippen molar-refractivity contribution in [2.75, 3.05) is 11.9 Å². The molecule has 4 rings (SSSR count). The largest absolute Gasteiger partial charge is 0.492 e. The number of H-pyrrole nitrogens is 1. The number of carbonyl (C=O) groups excluding carboxylic acids is 1. The van der Waals surface area contributed by atoms with E-state index in [4.69, 9.17) is 4.74 Å². The van der Waals surface area contributed by atoms with Crippen molar-refractivity contribution >= 4 is 22.9 Å². The third-order valence-electron chi connectivity index (χ3n) is 5.31. The second kappa shape index (κ2) is 9.46. The van der Waals surface area contributed by atoms with Crippen LogP contribution >= 0.6 is 11.3 Å². The summed E-state index contributed by atoms with van der Waals surface area (Å²) >= 11 is 1.17. The van der Waals surface area contributed by atoms with Gasteiger partial charge in [-0.25, -0.2) is 4.98 Å². The van der Waals surface area contributed by atoms with Crippen molar-refractivity contribution in [3.8, 4) is 10.9 Å². The minimum Gasteiger partial charge on any atom is -0.492 e. The highest BCUT2D eigenvalue weighted by molar-refractivity contribution is 7.16. The normalized spacial score (nSPS) is 10.9. The number of nitrogens with zero attached hydrogens (tertiary/aromatic N) is 2. The fourth-order valence-corrected chi connectivity index (χ4v) is 4.48. The predicted molar refractivity (Wildman–Crippen MR) is 131 cm³/mol. The first-order chi connectivity index (χ1) is 15.9. The number of amides is 1. The van der Waals surface area contributed by atoms with Gasteiger partial charge in [-0.3, -0.25) is 14.7 Å². The predicted octanol–water partition coefficient (Wildman–Crippen LogP) is 4.79. The molecule has 2 heterocycles. The lowest BCUT2D eigenvalue weighted by Crippen LogP contribution is -2.17. The number of thiazole rings is 1. The van der Waals surface area contributed by atoms with Crippen molar-refractivity contribution in [3.63, 3.8) is 0 Å². The van der Waals surface area contributed by atoms with E-state index in [2.05, 4.69) is 15.4 Å². The summed E-state index contributed by atoms with van der Waals surface area (Å²) in [4.78, 5) is 31.0. The Hall–Kier alpha value is -3.65. The molecule has 0 saturated heterocycles. The summed E-state index contributed by atoms with van der Waals surface area (Å²) in [5.41, 5.74) is 4.70. The van der Waals surface area contributed by atoms with Gasteiger partial charge in [-0.1, -0.05) is 53.3 Å². The molecule has 0 fully saturated rings. The van der Waals surface area contributed by atoms with E-state index in [0.717, 1.165) is 11.3 Å². The Labute approximate surface area is 196 Å². The van der Waals surface area contributed by atoms with E-state index < -0.39 is 0 Å². The summed E-state index contributed by atoms with van der Waals surface area (Å²) in [6.07, 6.45) is 0.528. The Morgan fingerprint density at radius 3 is 2.58 bits per heavy atom. The molecule has 0 saturated carbocycles. The Kier molecular flexibility index (Phi) is 6.46. The van der Waals surface area contributed by atoms with Gasteiger partial charge in [0.05, 0.1) is 18.0 Å². The minimum absolute atomic E-state index is 0.157. The Balaban J connectivity index is 1.60. The van der Waals surface area contributed by atoms with Crippen LogP contribution in [0.1, 0.15) is 44.7 Å². The van der Waals surface area contributed by atoms with Crippen LogP contribution in [0.15, 0.2) is 53.3 Å². The van der Waals surface area contributed by atoms with Crippen LogP contribution in [0, 0.1) is 20.8 Å². The monoisotopic (exact) mass is 462 g/mol. The number of aromatic nitrogens is 3. The number of nitrogens with one attached hydrogen (secondary N) is 2. The summed E-state index contributed by atoms with van der Waals surface area (Å²) in [7, 11) is 0. The maximum absolute atomic E-state index is 13.1. The minimum atomic E-state index is -0.292. The van der Waals surface area contributed by atoms with E-state index in [1.54, 1.807) is 19.1 Å². The smallest absolute Gasteiger partial charge is 0.277 e. The Morgan fingerprint density at radius 2 is 1.85 bits per heavy atom. The lowest BCUT2D eigenvalue weighted by molar-refractivity contribution is 0.102. The standard InChI is InChI=1S/C25H26N4O3S/c1-5-32-21-9-7-6-8-20(21)27-23(30)22-17(4)26-25(33-22)29-24(31)19(16(3)28-29)14-18-12-10-15(2)11-13-18/h6-13,28H,5,14H2,1-4H3,(H,27,30). The molecular weight excluding hydrogens is 436 g/mol. The Bertz CT molecular complexity index is 1350. The van der Waals surface area contributed by atoms with Gasteiger partial charge in [-0.15, -0.1) is 0 Å². The van der Waals surface area contributed by atoms with E-state index in [0.29, 0.717) is 45.7 Å². The molecule has 2 aromatic carbocycles. The first-order valence-electron chi connectivity index (χ1n) is 10.7. The van der Waals surface area contributed by atoms with E-state index in [-0.39, 0.29) is 11.5 Å². The van der Waals surface area contributed by atoms with Gasteiger partial charge in [0.1, 0.15) is 10.6 Å². The van der Waals surface area contributed by atoms with E-state index >= 15 is 0 Å². The van der Waals surface area contributed by atoms with Crippen molar-refractivity contribution in [1.29, 1.82) is 0 Å². The molecule has 0 aliphatic rings. The van der Waals surface area contributed by atoms with Crippen molar-refractivity contribution in [3.05, 3.63) is 91.8 Å². The van der Waals surface area contributed by atoms with Gasteiger partial charge in [0.2, 0.25) is 5.13 Å². The van der Waals surface area contributed by atoms with Gasteiger partial charge in [-0.05, 0) is 45.4 Å². The van der Waals surface area contributed by atoms with Crippen molar-refractivity contribution in [2.45, 2.75) is 34.1 Å². The molecule has 0 aliphatic carbocycles. The molecule has 2 N–H and O–H groups in total. The van der Waals surface area contributed by atoms with Crippen molar-refractivity contribution in [1.82, 2.24) is 14.8 Å². The second-order valence-electron chi connectivity index (χ2n) is 7.81. The third kappa shape index (κ3) is 4.75. The number of hydrogen-bond donors (Lipinski definition) is 2. The van der Waals surface area contributed by atoms with Crippen LogP contribution in [0.4, 0.5) is 5.69 Å². The van der Waals surface area contributed by atoms with Crippen LogP contribution in [-0.2, 0) is 6.42 Å². The van der Waals surface area contributed by atoms with Gasteiger partial charge in [-0.2, -0.15) is 4.68 Å². The lowest BCUT2D eigenvalue weighted by atomic mass is 10.0. The molecule has 0 bridgehead atoms. The number of anilines is 1. The summed E-state index contributed by atoms with van der Waals surface area (Å²) in [6.45, 7) is 8.06. The topological polar surface area (TPSA) is 89.0 Å². The second-order valence-corrected chi connectivity index (χ2v) is 8.79. The maximum atomic E-state index is 13.1. The number of aromatic amines is 1. The first kappa shape index (κ1) is 22.5. The summed E-state index contributed by atoms with van der Waals surface area (Å²) in [5.74, 6) is 0.312. The molecule has 0 radical (unpaired) electrons. The number of hydrogen-bond acceptors (Lipinski definition) is 5. The molecule has 4 aromatic rings. The molecule has 0 spiro atoms. The van der Waals surface area contributed by atoms with E-state index in [9.17, 15) is 9.59 Å². The fraction of sp³-hybridized carbons (Fsp3) is 0.240. The summed E-state index contributed by atoms with van der Waals surface area (Å²) in [6, 6.07) is 15.4. The van der Waals surface area contributed by atoms with Crippen LogP contribution in [0.25, 0.3) is 5.13 Å². The summed E-state index contributed by atoms with van der Waals surface area (Å²) in [5, 5.41) is 6.44. The fourth-order valence-electron chi connectivity index (χ4n) is 3.55. The average molecular weight is 463 g/mol. The highest BCUT2D eigenvalue weighted by Gasteiger charge is 2.21. The third-order valence-corrected chi connectivity index (χ3v) is 6.45. The zero-order valence-electron chi connectivity index (χ0n) is 19.1. The molecule has 8 heteroatoms. The number of para-hydroxylation sites is 2. The van der Waals surface area contributed by atoms with Gasteiger partial charge in [0, 0.05) is 17.7 Å². The molecule has 33 heavy (non-hydrogen) atoms. The lowest BCUT2D eigenvalue weighted by Gasteiger charge is -2.10. The van der Waals surface area contributed by atoms with Gasteiger partial charge >= 0.3 is 0 Å². The zero-order valence-corrected chi connectivity index (χ0v) is 19.9. The molecule has 0 aliphatic heterocycles. The number of rotatable bonds is 7. The molecule has 7 nitrogen and oxygen atoms in total. The first-order valence-corrected chi connectivity index (χ1v) is 11.6. The quantitative estimate of drug-likeness (QED) is 0.413. The van der Waals surface area contributed by atoms with Crippen LogP contribution in [-0.4, -0.2) is 27.3 Å². The molecular formula is C25H26N4O3S. The number of ether oxygens (including phenoxy) is 1. The molecule has 2 aromatic heterocycles. The number of carbonyl (C=O) groups is 1. The summed E-state index contributed by atoms with van der Waals surface area (Å²) < 4.78 is 7.01. The molecule has 170 valence electrons.